The van der Waals surface area contributed by atoms with Gasteiger partial charge in [0.15, 0.2) is 11.0 Å². The predicted octanol–water partition coefficient (Wildman–Crippen LogP) is 5.63. The van der Waals surface area contributed by atoms with E-state index in [1.807, 2.05) is 48.7 Å². The summed E-state index contributed by atoms with van der Waals surface area (Å²) in [6.07, 6.45) is 1.72. The van der Waals surface area contributed by atoms with Crippen LogP contribution in [0.3, 0.4) is 0 Å². The molecule has 0 aliphatic heterocycles. The lowest BCUT2D eigenvalue weighted by Crippen LogP contribution is -2.34. The van der Waals surface area contributed by atoms with Gasteiger partial charge >= 0.3 is 0 Å². The molecule has 0 radical (unpaired) electrons. The minimum Gasteiger partial charge on any atom is -0.342 e. The van der Waals surface area contributed by atoms with Gasteiger partial charge in [0.25, 0.3) is 5.91 Å². The number of rotatable bonds is 10. The molecular formula is C24H25Cl2N5O2S. The molecular weight excluding hydrogens is 493 g/mol. The first-order valence-corrected chi connectivity index (χ1v) is 12.3. The van der Waals surface area contributed by atoms with E-state index in [2.05, 4.69) is 27.4 Å². The van der Waals surface area contributed by atoms with E-state index in [1.54, 1.807) is 18.2 Å². The normalized spacial score (nSPS) is 11.8. The van der Waals surface area contributed by atoms with Crippen LogP contribution in [-0.4, -0.2) is 32.3 Å². The Bertz CT molecular complexity index is 1170. The third-order valence-corrected chi connectivity index (χ3v) is 6.37. The molecule has 2 aromatic carbocycles. The maximum Gasteiger partial charge on any atom is 0.253 e. The van der Waals surface area contributed by atoms with Crippen LogP contribution in [0.25, 0.3) is 0 Å². The van der Waals surface area contributed by atoms with E-state index in [-0.39, 0.29) is 28.5 Å². The van der Waals surface area contributed by atoms with Crippen molar-refractivity contribution in [2.24, 2.45) is 5.92 Å². The molecule has 0 spiro atoms. The van der Waals surface area contributed by atoms with Crippen LogP contribution in [0.5, 0.6) is 0 Å². The van der Waals surface area contributed by atoms with Crippen molar-refractivity contribution < 1.29 is 9.59 Å². The number of anilines is 1. The SMILES string of the molecule is C=CCn1c(SCC(=O)Nc2ccccc2)nnc1[C@H](NC(=O)c1ccc(Cl)cc1Cl)C(C)C. The minimum atomic E-state index is -0.445. The van der Waals surface area contributed by atoms with E-state index in [4.69, 9.17) is 23.2 Å². The molecule has 0 bridgehead atoms. The number of nitrogens with zero attached hydrogens (tertiary/aromatic N) is 3. The predicted molar refractivity (Wildman–Crippen MR) is 138 cm³/mol. The quantitative estimate of drug-likeness (QED) is 0.268. The Balaban J connectivity index is 1.77. The number of hydrogen-bond donors (Lipinski definition) is 2. The van der Waals surface area contributed by atoms with Crippen molar-refractivity contribution in [3.63, 3.8) is 0 Å². The van der Waals surface area contributed by atoms with Crippen molar-refractivity contribution in [2.75, 3.05) is 11.1 Å². The van der Waals surface area contributed by atoms with E-state index < -0.39 is 6.04 Å². The van der Waals surface area contributed by atoms with Crippen LogP contribution in [0, 0.1) is 5.92 Å². The molecule has 1 heterocycles. The Kier molecular flexibility index (Phi) is 9.15. The highest BCUT2D eigenvalue weighted by atomic mass is 35.5. The highest BCUT2D eigenvalue weighted by molar-refractivity contribution is 7.99. The third kappa shape index (κ3) is 6.62. The topological polar surface area (TPSA) is 88.9 Å². The molecule has 7 nitrogen and oxygen atoms in total. The second kappa shape index (κ2) is 12.1. The number of para-hydroxylation sites is 1. The number of carbonyl (C=O) groups is 2. The van der Waals surface area contributed by atoms with Crippen LogP contribution in [0.1, 0.15) is 36.1 Å². The number of amides is 2. The number of halogens is 2. The van der Waals surface area contributed by atoms with E-state index >= 15 is 0 Å². The van der Waals surface area contributed by atoms with Gasteiger partial charge in [-0.25, -0.2) is 0 Å². The fourth-order valence-electron chi connectivity index (χ4n) is 3.21. The number of hydrogen-bond acceptors (Lipinski definition) is 5. The van der Waals surface area contributed by atoms with E-state index in [0.717, 1.165) is 5.69 Å². The standard InChI is InChI=1S/C24H25Cl2N5O2S/c1-4-12-31-22(21(15(2)3)28-23(33)18-11-10-16(25)13-19(18)26)29-30-24(31)34-14-20(32)27-17-8-6-5-7-9-17/h4-11,13,15,21H,1,12,14H2,2-3H3,(H,27,32)(H,28,33)/t21-/m1/s1. The molecule has 2 N–H and O–H groups in total. The largest absolute Gasteiger partial charge is 0.342 e. The minimum absolute atomic E-state index is 0.00187. The molecule has 0 aliphatic carbocycles. The summed E-state index contributed by atoms with van der Waals surface area (Å²) >= 11 is 13.4. The Morgan fingerprint density at radius 2 is 1.88 bits per heavy atom. The summed E-state index contributed by atoms with van der Waals surface area (Å²) in [5.41, 5.74) is 1.04. The van der Waals surface area contributed by atoms with Crippen molar-refractivity contribution in [3.8, 4) is 0 Å². The van der Waals surface area contributed by atoms with E-state index in [1.165, 1.54) is 17.8 Å². The highest BCUT2D eigenvalue weighted by Gasteiger charge is 2.27. The number of allylic oxidation sites excluding steroid dienone is 1. The molecule has 1 atom stereocenters. The molecule has 0 aliphatic rings. The number of benzene rings is 2. The fraction of sp³-hybridized carbons (Fsp3) is 0.250. The highest BCUT2D eigenvalue weighted by Crippen LogP contribution is 2.27. The number of nitrogens with one attached hydrogen (secondary N) is 2. The first kappa shape index (κ1) is 25.8. The molecule has 1 aromatic heterocycles. The lowest BCUT2D eigenvalue weighted by Gasteiger charge is -2.23. The Morgan fingerprint density at radius 3 is 2.53 bits per heavy atom. The maximum absolute atomic E-state index is 13.0. The van der Waals surface area contributed by atoms with Gasteiger partial charge in [0, 0.05) is 17.3 Å². The van der Waals surface area contributed by atoms with Crippen LogP contribution in [0.4, 0.5) is 5.69 Å². The Morgan fingerprint density at radius 1 is 1.15 bits per heavy atom. The van der Waals surface area contributed by atoms with Crippen LogP contribution >= 0.6 is 35.0 Å². The molecule has 0 fully saturated rings. The summed E-state index contributed by atoms with van der Waals surface area (Å²) in [6.45, 7) is 8.19. The average Bonchev–Trinajstić information content (AvgIpc) is 3.18. The lowest BCUT2D eigenvalue weighted by molar-refractivity contribution is -0.113. The van der Waals surface area contributed by atoms with Crippen LogP contribution < -0.4 is 10.6 Å². The molecule has 0 saturated heterocycles. The second-order valence-corrected chi connectivity index (χ2v) is 9.55. The molecule has 10 heteroatoms. The Labute approximate surface area is 212 Å². The molecule has 34 heavy (non-hydrogen) atoms. The van der Waals surface area contributed by atoms with Crippen LogP contribution in [0.15, 0.2) is 66.3 Å². The summed E-state index contributed by atoms with van der Waals surface area (Å²) in [7, 11) is 0. The summed E-state index contributed by atoms with van der Waals surface area (Å²) in [5, 5.41) is 15.8. The van der Waals surface area contributed by atoms with Crippen LogP contribution in [0.2, 0.25) is 10.0 Å². The Hall–Kier alpha value is -2.81. The summed E-state index contributed by atoms with van der Waals surface area (Å²) < 4.78 is 1.85. The summed E-state index contributed by atoms with van der Waals surface area (Å²) in [6, 6.07) is 13.5. The monoisotopic (exact) mass is 517 g/mol. The summed E-state index contributed by atoms with van der Waals surface area (Å²) in [4.78, 5) is 25.3. The van der Waals surface area contributed by atoms with Crippen molar-refractivity contribution in [1.29, 1.82) is 0 Å². The van der Waals surface area contributed by atoms with Gasteiger partial charge in [-0.3, -0.25) is 9.59 Å². The van der Waals surface area contributed by atoms with Crippen molar-refractivity contribution >= 4 is 52.5 Å². The second-order valence-electron chi connectivity index (χ2n) is 7.76. The molecule has 3 aromatic rings. The zero-order valence-electron chi connectivity index (χ0n) is 18.8. The number of aromatic nitrogens is 3. The molecule has 2 amide bonds. The van der Waals surface area contributed by atoms with Crippen molar-refractivity contribution in [3.05, 3.63) is 82.6 Å². The molecule has 0 unspecified atom stereocenters. The zero-order chi connectivity index (χ0) is 24.7. The third-order valence-electron chi connectivity index (χ3n) is 4.85. The maximum atomic E-state index is 13.0. The van der Waals surface area contributed by atoms with Gasteiger partial charge < -0.3 is 15.2 Å². The first-order chi connectivity index (χ1) is 16.3. The zero-order valence-corrected chi connectivity index (χ0v) is 21.1. The van der Waals surface area contributed by atoms with Gasteiger partial charge in [-0.1, -0.05) is 73.1 Å². The van der Waals surface area contributed by atoms with Gasteiger partial charge in [0.1, 0.15) is 0 Å². The van der Waals surface area contributed by atoms with Gasteiger partial charge in [-0.15, -0.1) is 16.8 Å². The van der Waals surface area contributed by atoms with E-state index in [9.17, 15) is 9.59 Å². The van der Waals surface area contributed by atoms with Gasteiger partial charge in [-0.2, -0.15) is 0 Å². The van der Waals surface area contributed by atoms with Crippen LogP contribution in [-0.2, 0) is 11.3 Å². The first-order valence-electron chi connectivity index (χ1n) is 10.6. The van der Waals surface area contributed by atoms with Crippen molar-refractivity contribution in [1.82, 2.24) is 20.1 Å². The number of carbonyl (C=O) groups excluding carboxylic acids is 2. The average molecular weight is 518 g/mol. The van der Waals surface area contributed by atoms with Gasteiger partial charge in [0.05, 0.1) is 22.4 Å². The van der Waals surface area contributed by atoms with Crippen molar-refractivity contribution in [2.45, 2.75) is 31.6 Å². The summed E-state index contributed by atoms with van der Waals surface area (Å²) in [5.74, 6) is 0.228. The fourth-order valence-corrected chi connectivity index (χ4v) is 4.46. The molecule has 0 saturated carbocycles. The van der Waals surface area contributed by atoms with Gasteiger partial charge in [0.2, 0.25) is 5.91 Å². The van der Waals surface area contributed by atoms with E-state index in [0.29, 0.717) is 28.1 Å². The molecule has 178 valence electrons. The van der Waals surface area contributed by atoms with Gasteiger partial charge in [-0.05, 0) is 36.2 Å². The lowest BCUT2D eigenvalue weighted by atomic mass is 10.0. The number of thioether (sulfide) groups is 1. The molecule has 3 rings (SSSR count). The smallest absolute Gasteiger partial charge is 0.253 e.